The molecule has 2 nitrogen and oxygen atoms in total. The van der Waals surface area contributed by atoms with Gasteiger partial charge in [-0.3, -0.25) is 4.79 Å². The largest absolute Gasteiger partial charge is 0.501 e. The van der Waals surface area contributed by atoms with Crippen molar-refractivity contribution in [2.24, 2.45) is 0 Å². The zero-order valence-electron chi connectivity index (χ0n) is 8.91. The van der Waals surface area contributed by atoms with E-state index in [1.807, 2.05) is 24.3 Å². The fourth-order valence-electron chi connectivity index (χ4n) is 1.70. The first-order valence-corrected chi connectivity index (χ1v) is 6.14. The molecule has 1 aromatic rings. The van der Waals surface area contributed by atoms with Crippen molar-refractivity contribution in [2.75, 3.05) is 6.61 Å². The van der Waals surface area contributed by atoms with Gasteiger partial charge in [-0.25, -0.2) is 0 Å². The summed E-state index contributed by atoms with van der Waals surface area (Å²) < 4.78 is 6.16. The Morgan fingerprint density at radius 1 is 1.38 bits per heavy atom. The summed E-state index contributed by atoms with van der Waals surface area (Å²) in [5.41, 5.74) is 1.83. The highest BCUT2D eigenvalue weighted by Gasteiger charge is 2.14. The molecule has 1 aliphatic rings. The molecule has 0 aromatic heterocycles. The Labute approximate surface area is 103 Å². The zero-order chi connectivity index (χ0) is 11.4. The molecule has 0 N–H and O–H groups in total. The van der Waals surface area contributed by atoms with Gasteiger partial charge < -0.3 is 4.74 Å². The Bertz CT molecular complexity index is 424. The summed E-state index contributed by atoms with van der Waals surface area (Å²) in [4.78, 5) is 12.0. The lowest BCUT2D eigenvalue weighted by Crippen LogP contribution is -2.11. The number of ketones is 1. The van der Waals surface area contributed by atoms with Crippen LogP contribution in [-0.2, 0) is 16.0 Å². The SMILES string of the molecule is O=C(Cc1ccccc1Br)C1=COCCC1. The van der Waals surface area contributed by atoms with Crippen molar-refractivity contribution in [1.29, 1.82) is 0 Å². The molecule has 0 amide bonds. The van der Waals surface area contributed by atoms with E-state index in [4.69, 9.17) is 4.74 Å². The Kier molecular flexibility index (Phi) is 3.78. The van der Waals surface area contributed by atoms with Gasteiger partial charge in [0.2, 0.25) is 0 Å². The summed E-state index contributed by atoms with van der Waals surface area (Å²) in [6.45, 7) is 0.728. The number of carbonyl (C=O) groups is 1. The highest BCUT2D eigenvalue weighted by molar-refractivity contribution is 9.10. The Morgan fingerprint density at radius 3 is 2.88 bits per heavy atom. The third-order valence-electron chi connectivity index (χ3n) is 2.60. The van der Waals surface area contributed by atoms with Crippen LogP contribution in [0.25, 0.3) is 0 Å². The summed E-state index contributed by atoms with van der Waals surface area (Å²) >= 11 is 3.45. The number of rotatable bonds is 3. The minimum Gasteiger partial charge on any atom is -0.501 e. The van der Waals surface area contributed by atoms with E-state index >= 15 is 0 Å². The van der Waals surface area contributed by atoms with Crippen LogP contribution < -0.4 is 0 Å². The van der Waals surface area contributed by atoms with Gasteiger partial charge >= 0.3 is 0 Å². The van der Waals surface area contributed by atoms with Crippen LogP contribution in [0, 0.1) is 0 Å². The predicted octanol–water partition coefficient (Wildman–Crippen LogP) is 3.26. The average molecular weight is 281 g/mol. The first-order chi connectivity index (χ1) is 7.77. The van der Waals surface area contributed by atoms with Crippen LogP contribution in [0.3, 0.4) is 0 Å². The number of ether oxygens (including phenoxy) is 1. The van der Waals surface area contributed by atoms with Crippen molar-refractivity contribution in [3.8, 4) is 0 Å². The van der Waals surface area contributed by atoms with Gasteiger partial charge in [0.25, 0.3) is 0 Å². The van der Waals surface area contributed by atoms with Gasteiger partial charge in [0.1, 0.15) is 0 Å². The molecule has 1 aliphatic heterocycles. The molecule has 16 heavy (non-hydrogen) atoms. The molecular weight excluding hydrogens is 268 g/mol. The van der Waals surface area contributed by atoms with E-state index in [1.54, 1.807) is 6.26 Å². The van der Waals surface area contributed by atoms with Crippen molar-refractivity contribution < 1.29 is 9.53 Å². The predicted molar refractivity (Wildman–Crippen MR) is 66.1 cm³/mol. The summed E-state index contributed by atoms with van der Waals surface area (Å²) in [6, 6.07) is 7.81. The van der Waals surface area contributed by atoms with Crippen LogP contribution in [0.15, 0.2) is 40.6 Å². The van der Waals surface area contributed by atoms with Crippen molar-refractivity contribution >= 4 is 21.7 Å². The summed E-state index contributed by atoms with van der Waals surface area (Å²) in [6.07, 6.45) is 3.83. The van der Waals surface area contributed by atoms with Crippen molar-refractivity contribution in [3.63, 3.8) is 0 Å². The lowest BCUT2D eigenvalue weighted by atomic mass is 10.00. The minimum absolute atomic E-state index is 0.159. The first-order valence-electron chi connectivity index (χ1n) is 5.34. The molecule has 3 heteroatoms. The quantitative estimate of drug-likeness (QED) is 0.850. The van der Waals surface area contributed by atoms with Crippen molar-refractivity contribution in [2.45, 2.75) is 19.3 Å². The molecule has 0 saturated carbocycles. The molecule has 0 aliphatic carbocycles. The standard InChI is InChI=1S/C13H13BrO2/c14-12-6-2-1-4-10(12)8-13(15)11-5-3-7-16-9-11/h1-2,4,6,9H,3,5,7-8H2. The monoisotopic (exact) mass is 280 g/mol. The fraction of sp³-hybridized carbons (Fsp3) is 0.308. The summed E-state index contributed by atoms with van der Waals surface area (Å²) in [5.74, 6) is 0.159. The molecule has 1 aromatic carbocycles. The Hall–Kier alpha value is -1.09. The van der Waals surface area contributed by atoms with Crippen molar-refractivity contribution in [3.05, 3.63) is 46.1 Å². The molecule has 1 heterocycles. The van der Waals surface area contributed by atoms with E-state index in [0.717, 1.165) is 35.1 Å². The second-order valence-electron chi connectivity index (χ2n) is 3.81. The third-order valence-corrected chi connectivity index (χ3v) is 3.37. The van der Waals surface area contributed by atoms with E-state index in [9.17, 15) is 4.79 Å². The second-order valence-corrected chi connectivity index (χ2v) is 4.66. The van der Waals surface area contributed by atoms with Gasteiger partial charge in [-0.05, 0) is 24.5 Å². The van der Waals surface area contributed by atoms with E-state index in [1.165, 1.54) is 0 Å². The molecule has 0 radical (unpaired) electrons. The normalized spacial score (nSPS) is 15.2. The van der Waals surface area contributed by atoms with Crippen LogP contribution in [0.4, 0.5) is 0 Å². The Balaban J connectivity index is 2.07. The minimum atomic E-state index is 0.159. The van der Waals surface area contributed by atoms with E-state index in [-0.39, 0.29) is 5.78 Å². The van der Waals surface area contributed by atoms with Crippen LogP contribution in [0.1, 0.15) is 18.4 Å². The maximum absolute atomic E-state index is 12.0. The molecule has 2 rings (SSSR count). The fourth-order valence-corrected chi connectivity index (χ4v) is 2.12. The molecule has 0 spiro atoms. The van der Waals surface area contributed by atoms with Gasteiger partial charge in [-0.15, -0.1) is 0 Å². The van der Waals surface area contributed by atoms with Crippen LogP contribution in [0.2, 0.25) is 0 Å². The molecule has 0 saturated heterocycles. The Morgan fingerprint density at radius 2 is 2.19 bits per heavy atom. The number of halogens is 1. The van der Waals surface area contributed by atoms with Crippen LogP contribution >= 0.6 is 15.9 Å². The van der Waals surface area contributed by atoms with E-state index < -0.39 is 0 Å². The molecular formula is C13H13BrO2. The van der Waals surface area contributed by atoms with Gasteiger partial charge in [0.15, 0.2) is 5.78 Å². The smallest absolute Gasteiger partial charge is 0.166 e. The van der Waals surface area contributed by atoms with Crippen LogP contribution in [-0.4, -0.2) is 12.4 Å². The van der Waals surface area contributed by atoms with Gasteiger partial charge in [0.05, 0.1) is 12.9 Å². The lowest BCUT2D eigenvalue weighted by molar-refractivity contribution is -0.115. The van der Waals surface area contributed by atoms with Gasteiger partial charge in [-0.2, -0.15) is 0 Å². The highest BCUT2D eigenvalue weighted by Crippen LogP contribution is 2.20. The number of hydrogen-bond donors (Lipinski definition) is 0. The maximum Gasteiger partial charge on any atom is 0.166 e. The number of hydrogen-bond acceptors (Lipinski definition) is 2. The lowest BCUT2D eigenvalue weighted by Gasteiger charge is -2.12. The summed E-state index contributed by atoms with van der Waals surface area (Å²) in [7, 11) is 0. The van der Waals surface area contributed by atoms with Gasteiger partial charge in [-0.1, -0.05) is 34.1 Å². The molecule has 0 fully saturated rings. The topological polar surface area (TPSA) is 26.3 Å². The highest BCUT2D eigenvalue weighted by atomic mass is 79.9. The number of carbonyl (C=O) groups excluding carboxylic acids is 1. The molecule has 0 bridgehead atoms. The number of benzene rings is 1. The van der Waals surface area contributed by atoms with Gasteiger partial charge in [0, 0.05) is 16.5 Å². The molecule has 0 unspecified atom stereocenters. The zero-order valence-corrected chi connectivity index (χ0v) is 10.5. The maximum atomic E-state index is 12.0. The number of allylic oxidation sites excluding steroid dienone is 1. The first kappa shape index (κ1) is 11.4. The molecule has 84 valence electrons. The van der Waals surface area contributed by atoms with E-state index in [2.05, 4.69) is 15.9 Å². The average Bonchev–Trinajstić information content (AvgIpc) is 2.33. The molecule has 0 atom stereocenters. The second kappa shape index (κ2) is 5.30. The van der Waals surface area contributed by atoms with Crippen LogP contribution in [0.5, 0.6) is 0 Å². The van der Waals surface area contributed by atoms with E-state index in [0.29, 0.717) is 6.42 Å². The number of Topliss-reactive ketones (excluding diaryl/α,β-unsaturated/α-hetero) is 1. The third kappa shape index (κ3) is 2.73. The van der Waals surface area contributed by atoms with Crippen molar-refractivity contribution in [1.82, 2.24) is 0 Å². The summed E-state index contributed by atoms with van der Waals surface area (Å²) in [5, 5.41) is 0.